The Morgan fingerprint density at radius 1 is 1.14 bits per heavy atom. The third-order valence-corrected chi connectivity index (χ3v) is 3.95. The van der Waals surface area contributed by atoms with Gasteiger partial charge in [0.1, 0.15) is 6.04 Å². The highest BCUT2D eigenvalue weighted by Crippen LogP contribution is 2.40. The summed E-state index contributed by atoms with van der Waals surface area (Å²) in [5.41, 5.74) is 0.841. The molecule has 1 aromatic rings. The zero-order chi connectivity index (χ0) is 14.7. The van der Waals surface area contributed by atoms with Crippen LogP contribution in [0.15, 0.2) is 12.1 Å². The summed E-state index contributed by atoms with van der Waals surface area (Å²) >= 11 is 6.30. The van der Waals surface area contributed by atoms with Crippen LogP contribution < -0.4 is 9.47 Å². The van der Waals surface area contributed by atoms with Crippen LogP contribution in [0.3, 0.4) is 0 Å². The third-order valence-electron chi connectivity index (χ3n) is 3.67. The maximum Gasteiger partial charge on any atom is 0.179 e. The van der Waals surface area contributed by atoms with E-state index in [-0.39, 0.29) is 6.04 Å². The van der Waals surface area contributed by atoms with Crippen molar-refractivity contribution in [3.05, 3.63) is 22.7 Å². The van der Waals surface area contributed by atoms with Crippen LogP contribution in [0.4, 0.5) is 0 Å². The lowest BCUT2D eigenvalue weighted by Gasteiger charge is -2.31. The molecule has 1 atom stereocenters. The van der Waals surface area contributed by atoms with E-state index in [1.54, 1.807) is 6.07 Å². The number of hydrogen-bond donors (Lipinski definition) is 0. The Bertz CT molecular complexity index is 553. The van der Waals surface area contributed by atoms with Crippen LogP contribution in [0.2, 0.25) is 5.02 Å². The van der Waals surface area contributed by atoms with E-state index in [1.165, 1.54) is 0 Å². The van der Waals surface area contributed by atoms with E-state index in [1.807, 2.05) is 6.07 Å². The highest BCUT2D eigenvalue weighted by atomic mass is 35.5. The van der Waals surface area contributed by atoms with Gasteiger partial charge in [0, 0.05) is 19.5 Å². The fourth-order valence-electron chi connectivity index (χ4n) is 2.61. The Morgan fingerprint density at radius 3 is 2.67 bits per heavy atom. The standard InChI is InChI=1S/C15H17ClN2O3/c16-12-8-11(9-14-15(12)21-5-1-4-20-14)13(10-17)18-2-6-19-7-3-18/h8-9,13H,1-7H2. The molecule has 1 saturated heterocycles. The summed E-state index contributed by atoms with van der Waals surface area (Å²) in [5.74, 6) is 1.21. The molecule has 2 aliphatic heterocycles. The van der Waals surface area contributed by atoms with Crippen LogP contribution in [-0.2, 0) is 4.74 Å². The van der Waals surface area contributed by atoms with Gasteiger partial charge in [-0.3, -0.25) is 4.90 Å². The Balaban J connectivity index is 1.92. The topological polar surface area (TPSA) is 54.7 Å². The third kappa shape index (κ3) is 3.08. The number of nitriles is 1. The van der Waals surface area contributed by atoms with Gasteiger partial charge in [-0.05, 0) is 17.7 Å². The fourth-order valence-corrected chi connectivity index (χ4v) is 2.88. The van der Waals surface area contributed by atoms with Gasteiger partial charge in [0.2, 0.25) is 0 Å². The first-order chi connectivity index (χ1) is 10.3. The van der Waals surface area contributed by atoms with Crippen LogP contribution in [0.1, 0.15) is 18.0 Å². The molecule has 2 aliphatic rings. The summed E-state index contributed by atoms with van der Waals surface area (Å²) < 4.78 is 16.6. The summed E-state index contributed by atoms with van der Waals surface area (Å²) in [6.07, 6.45) is 0.825. The van der Waals surface area contributed by atoms with E-state index in [0.717, 1.165) is 25.1 Å². The molecule has 6 heteroatoms. The Kier molecular flexibility index (Phi) is 4.49. The molecule has 5 nitrogen and oxygen atoms in total. The predicted octanol–water partition coefficient (Wildman–Crippen LogP) is 2.40. The smallest absolute Gasteiger partial charge is 0.179 e. The van der Waals surface area contributed by atoms with E-state index in [0.29, 0.717) is 42.9 Å². The zero-order valence-corrected chi connectivity index (χ0v) is 12.4. The summed E-state index contributed by atoms with van der Waals surface area (Å²) in [4.78, 5) is 2.10. The minimum Gasteiger partial charge on any atom is -0.489 e. The molecule has 0 N–H and O–H groups in total. The Hall–Kier alpha value is -1.48. The van der Waals surface area contributed by atoms with Gasteiger partial charge < -0.3 is 14.2 Å². The highest BCUT2D eigenvalue weighted by molar-refractivity contribution is 6.32. The summed E-state index contributed by atoms with van der Waals surface area (Å²) in [6, 6.07) is 5.68. The monoisotopic (exact) mass is 308 g/mol. The van der Waals surface area contributed by atoms with Gasteiger partial charge in [-0.25, -0.2) is 0 Å². The number of nitrogens with zero attached hydrogens (tertiary/aromatic N) is 2. The van der Waals surface area contributed by atoms with Crippen LogP contribution in [0.5, 0.6) is 11.5 Å². The van der Waals surface area contributed by atoms with Crippen molar-refractivity contribution in [3.8, 4) is 17.6 Å². The van der Waals surface area contributed by atoms with Gasteiger partial charge in [0.05, 0.1) is 37.5 Å². The SMILES string of the molecule is N#CC(c1cc(Cl)c2c(c1)OCCCO2)N1CCOCC1. The van der Waals surface area contributed by atoms with Crippen molar-refractivity contribution in [1.29, 1.82) is 5.26 Å². The van der Waals surface area contributed by atoms with Crippen molar-refractivity contribution in [1.82, 2.24) is 4.90 Å². The van der Waals surface area contributed by atoms with Crippen LogP contribution in [0, 0.1) is 11.3 Å². The van der Waals surface area contributed by atoms with Crippen molar-refractivity contribution in [2.24, 2.45) is 0 Å². The lowest BCUT2D eigenvalue weighted by molar-refractivity contribution is 0.0266. The molecule has 3 rings (SSSR count). The number of morpholine rings is 1. The van der Waals surface area contributed by atoms with Gasteiger partial charge in [0.25, 0.3) is 0 Å². The largest absolute Gasteiger partial charge is 0.489 e. The van der Waals surface area contributed by atoms with E-state index in [4.69, 9.17) is 25.8 Å². The molecule has 0 spiro atoms. The molecule has 2 heterocycles. The molecule has 1 aromatic carbocycles. The van der Waals surface area contributed by atoms with Crippen molar-refractivity contribution in [3.63, 3.8) is 0 Å². The molecule has 0 bridgehead atoms. The van der Waals surface area contributed by atoms with E-state index < -0.39 is 0 Å². The molecule has 0 amide bonds. The van der Waals surface area contributed by atoms with Gasteiger partial charge in [-0.2, -0.15) is 5.26 Å². The second kappa shape index (κ2) is 6.52. The van der Waals surface area contributed by atoms with Gasteiger partial charge in [-0.1, -0.05) is 11.6 Å². The first-order valence-corrected chi connectivity index (χ1v) is 7.48. The number of hydrogen-bond acceptors (Lipinski definition) is 5. The lowest BCUT2D eigenvalue weighted by atomic mass is 10.1. The molecule has 1 fully saturated rings. The molecular weight excluding hydrogens is 292 g/mol. The molecule has 21 heavy (non-hydrogen) atoms. The normalized spacial score (nSPS) is 20.4. The quantitative estimate of drug-likeness (QED) is 0.839. The van der Waals surface area contributed by atoms with Crippen LogP contribution >= 0.6 is 11.6 Å². The molecule has 0 saturated carbocycles. The fraction of sp³-hybridized carbons (Fsp3) is 0.533. The van der Waals surface area contributed by atoms with E-state index >= 15 is 0 Å². The second-order valence-electron chi connectivity index (χ2n) is 5.06. The van der Waals surface area contributed by atoms with Crippen molar-refractivity contribution < 1.29 is 14.2 Å². The number of halogens is 1. The minimum absolute atomic E-state index is 0.344. The Labute approximate surface area is 129 Å². The average molecular weight is 309 g/mol. The maximum atomic E-state index is 9.53. The Morgan fingerprint density at radius 2 is 1.90 bits per heavy atom. The number of rotatable bonds is 2. The van der Waals surface area contributed by atoms with Gasteiger partial charge in [0.15, 0.2) is 11.5 Å². The van der Waals surface area contributed by atoms with E-state index in [9.17, 15) is 5.26 Å². The van der Waals surface area contributed by atoms with Crippen LogP contribution in [0.25, 0.3) is 0 Å². The predicted molar refractivity (Wildman–Crippen MR) is 77.8 cm³/mol. The van der Waals surface area contributed by atoms with Gasteiger partial charge in [-0.15, -0.1) is 0 Å². The summed E-state index contributed by atoms with van der Waals surface area (Å²) in [5, 5.41) is 10.0. The molecule has 1 unspecified atom stereocenters. The van der Waals surface area contributed by atoms with Crippen molar-refractivity contribution in [2.45, 2.75) is 12.5 Å². The van der Waals surface area contributed by atoms with Crippen molar-refractivity contribution in [2.75, 3.05) is 39.5 Å². The summed E-state index contributed by atoms with van der Waals surface area (Å²) in [6.45, 7) is 3.97. The van der Waals surface area contributed by atoms with Crippen molar-refractivity contribution >= 4 is 11.6 Å². The summed E-state index contributed by atoms with van der Waals surface area (Å²) in [7, 11) is 0. The maximum absolute atomic E-state index is 9.53. The minimum atomic E-state index is -0.344. The molecule has 112 valence electrons. The molecule has 0 aromatic heterocycles. The molecule has 0 radical (unpaired) electrons. The van der Waals surface area contributed by atoms with E-state index in [2.05, 4.69) is 11.0 Å². The number of fused-ring (bicyclic) bond motifs is 1. The number of ether oxygens (including phenoxy) is 3. The second-order valence-corrected chi connectivity index (χ2v) is 5.47. The van der Waals surface area contributed by atoms with Gasteiger partial charge >= 0.3 is 0 Å². The first-order valence-electron chi connectivity index (χ1n) is 7.10. The lowest BCUT2D eigenvalue weighted by Crippen LogP contribution is -2.38. The number of benzene rings is 1. The first kappa shape index (κ1) is 14.5. The zero-order valence-electron chi connectivity index (χ0n) is 11.7. The molecule has 0 aliphatic carbocycles. The van der Waals surface area contributed by atoms with Crippen LogP contribution in [-0.4, -0.2) is 44.4 Å². The highest BCUT2D eigenvalue weighted by Gasteiger charge is 2.25. The molecular formula is C15H17ClN2O3. The average Bonchev–Trinajstić information content (AvgIpc) is 2.75.